The van der Waals surface area contributed by atoms with Gasteiger partial charge in [-0.05, 0) is 43.2 Å². The summed E-state index contributed by atoms with van der Waals surface area (Å²) in [6, 6.07) is 8.10. The predicted molar refractivity (Wildman–Crippen MR) is 187 cm³/mol. The topological polar surface area (TPSA) is 3.24 Å². The van der Waals surface area contributed by atoms with Crippen molar-refractivity contribution in [3.05, 3.63) is 0 Å². The molecule has 0 heterocycles. The summed E-state index contributed by atoms with van der Waals surface area (Å²) in [6.45, 7) is 15.8. The lowest BCUT2D eigenvalue weighted by Crippen LogP contribution is -2.60. The molecule has 0 unspecified atom stereocenters. The molecule has 0 saturated heterocycles. The van der Waals surface area contributed by atoms with E-state index in [0.29, 0.717) is 0 Å². The average Bonchev–Trinajstić information content (AvgIpc) is 2.95. The first-order chi connectivity index (χ1) is 19.2. The third-order valence-corrected chi connectivity index (χ3v) is 19.8. The summed E-state index contributed by atoms with van der Waals surface area (Å²) in [4.78, 5) is 0. The molecule has 1 nitrogen and oxygen atoms in total. The van der Waals surface area contributed by atoms with E-state index in [2.05, 4.69) is 45.8 Å². The Morgan fingerprint density at radius 3 is 1.00 bits per heavy atom. The molecule has 0 atom stereocenters. The summed E-state index contributed by atoms with van der Waals surface area (Å²) in [5, 5.41) is 0. The number of unbranched alkanes of at least 4 members (excludes halogenated alkanes) is 18. The van der Waals surface area contributed by atoms with E-state index in [-0.39, 0.29) is 0 Å². The number of nitrogens with zero attached hydrogens (tertiary/aromatic N) is 1. The molecule has 1 radical (unpaired) electrons. The van der Waals surface area contributed by atoms with E-state index in [1.807, 2.05) is 0 Å². The zero-order chi connectivity index (χ0) is 28.9. The summed E-state index contributed by atoms with van der Waals surface area (Å²) in [7, 11) is -1.87. The minimum atomic E-state index is -1.46. The molecule has 0 aromatic heterocycles. The first-order valence-corrected chi connectivity index (χ1v) is 23.2. The molecule has 0 aromatic rings. The molecule has 0 saturated carbocycles. The molecule has 0 N–H and O–H groups in total. The molecule has 39 heavy (non-hydrogen) atoms. The Kier molecular flexibility index (Phi) is 30.2. The summed E-state index contributed by atoms with van der Waals surface area (Å²) in [5.74, 6) is 0. The van der Waals surface area contributed by atoms with E-state index in [1.54, 1.807) is 30.2 Å². The first-order valence-electron chi connectivity index (χ1n) is 18.8. The van der Waals surface area contributed by atoms with Gasteiger partial charge in [-0.2, -0.15) is 0 Å². The Labute approximate surface area is 253 Å². The number of rotatable bonds is 32. The second kappa shape index (κ2) is 29.9. The van der Waals surface area contributed by atoms with Crippen molar-refractivity contribution < 1.29 is 0 Å². The van der Waals surface area contributed by atoms with Crippen molar-refractivity contribution in [1.82, 2.24) is 4.23 Å². The van der Waals surface area contributed by atoms with Gasteiger partial charge in [-0.3, -0.25) is 0 Å². The Morgan fingerprint density at radius 2 is 0.667 bits per heavy atom. The predicted octanol–water partition coefficient (Wildman–Crippen LogP) is 13.7. The lowest BCUT2D eigenvalue weighted by atomic mass is 10.2. The van der Waals surface area contributed by atoms with Gasteiger partial charge in [-0.15, -0.1) is 0 Å². The van der Waals surface area contributed by atoms with Crippen molar-refractivity contribution in [1.29, 1.82) is 0 Å². The second-order valence-corrected chi connectivity index (χ2v) is 20.7. The van der Waals surface area contributed by atoms with E-state index in [1.165, 1.54) is 161 Å². The van der Waals surface area contributed by atoms with Gasteiger partial charge in [-0.1, -0.05) is 189 Å². The molecule has 0 aliphatic heterocycles. The highest BCUT2D eigenvalue weighted by molar-refractivity contribution is 6.85. The van der Waals surface area contributed by atoms with E-state index in [9.17, 15) is 0 Å². The van der Waals surface area contributed by atoms with Crippen LogP contribution in [0.1, 0.15) is 196 Å². The summed E-state index contributed by atoms with van der Waals surface area (Å²) in [6.07, 6.45) is 35.1. The molecule has 0 fully saturated rings. The van der Waals surface area contributed by atoms with Gasteiger partial charge < -0.3 is 4.23 Å². The molecule has 0 bridgehead atoms. The van der Waals surface area contributed by atoms with Crippen LogP contribution < -0.4 is 0 Å². The summed E-state index contributed by atoms with van der Waals surface area (Å²) < 4.78 is 3.50. The third kappa shape index (κ3) is 20.8. The van der Waals surface area contributed by atoms with Crippen LogP contribution in [0.5, 0.6) is 0 Å². The lowest BCUT2D eigenvalue weighted by Gasteiger charge is -2.48. The van der Waals surface area contributed by atoms with Crippen LogP contribution in [0.25, 0.3) is 0 Å². The van der Waals surface area contributed by atoms with Gasteiger partial charge in [0.1, 0.15) is 17.2 Å². The molecule has 235 valence electrons. The minimum Gasteiger partial charge on any atom is -0.346 e. The van der Waals surface area contributed by atoms with Crippen molar-refractivity contribution in [2.24, 2.45) is 0 Å². The molecule has 0 rings (SSSR count). The monoisotopic (exact) mass is 581 g/mol. The minimum absolute atomic E-state index is 0.418. The van der Waals surface area contributed by atoms with Crippen LogP contribution in [-0.2, 0) is 0 Å². The van der Waals surface area contributed by atoms with Crippen LogP contribution in [0.2, 0.25) is 30.2 Å². The number of hydrogen-bond acceptors (Lipinski definition) is 1. The van der Waals surface area contributed by atoms with Crippen molar-refractivity contribution in [3.8, 4) is 0 Å². The fraction of sp³-hybridized carbons (Fsp3) is 1.00. The lowest BCUT2D eigenvalue weighted by molar-refractivity contribution is 0.516. The van der Waals surface area contributed by atoms with Crippen molar-refractivity contribution in [2.75, 3.05) is 6.54 Å². The molecule has 0 amide bonds. The van der Waals surface area contributed by atoms with Gasteiger partial charge in [0, 0.05) is 0 Å². The highest BCUT2D eigenvalue weighted by atomic mass is 28.4. The van der Waals surface area contributed by atoms with Gasteiger partial charge in [0.15, 0.2) is 0 Å². The standard InChI is InChI=1S/C36H78NSi2/c1-7-13-19-25-31-37(38(32-26-20-14-8-2)33-27-21-15-9-3)39(34-28-22-16-10-4,35-29-23-17-11-5)36-30-24-18-12-6/h7-36H2,1-6H3. The van der Waals surface area contributed by atoms with E-state index in [4.69, 9.17) is 0 Å². The Bertz CT molecular complexity index is 426. The van der Waals surface area contributed by atoms with E-state index >= 15 is 0 Å². The number of hydrogen-bond donors (Lipinski definition) is 0. The molecular formula is C36H78NSi2. The second-order valence-electron chi connectivity index (χ2n) is 13.1. The quantitative estimate of drug-likeness (QED) is 0.0565. The van der Waals surface area contributed by atoms with E-state index in [0.717, 1.165) is 0 Å². The van der Waals surface area contributed by atoms with E-state index < -0.39 is 17.2 Å². The van der Waals surface area contributed by atoms with Crippen LogP contribution in [-0.4, -0.2) is 28.0 Å². The van der Waals surface area contributed by atoms with Crippen molar-refractivity contribution in [3.63, 3.8) is 0 Å². The maximum Gasteiger partial charge on any atom is 0.129 e. The first kappa shape index (κ1) is 39.4. The van der Waals surface area contributed by atoms with Crippen LogP contribution >= 0.6 is 0 Å². The highest BCUT2D eigenvalue weighted by Gasteiger charge is 2.41. The SMILES string of the molecule is CCCCCCN([Si](CCCCCC)CCCCCC)[Si](CCCCCC)(CCCCCC)CCCCCC. The Morgan fingerprint density at radius 1 is 0.359 bits per heavy atom. The zero-order valence-corrected chi connectivity index (χ0v) is 30.7. The van der Waals surface area contributed by atoms with Gasteiger partial charge in [0.2, 0.25) is 0 Å². The Balaban J connectivity index is 6.16. The van der Waals surface area contributed by atoms with Gasteiger partial charge in [-0.25, -0.2) is 0 Å². The van der Waals surface area contributed by atoms with Crippen LogP contribution in [0.15, 0.2) is 0 Å². The van der Waals surface area contributed by atoms with Gasteiger partial charge in [0.25, 0.3) is 0 Å². The smallest absolute Gasteiger partial charge is 0.129 e. The molecule has 3 heteroatoms. The fourth-order valence-electron chi connectivity index (χ4n) is 6.76. The van der Waals surface area contributed by atoms with Crippen LogP contribution in [0.4, 0.5) is 0 Å². The maximum atomic E-state index is 3.50. The molecule has 0 aliphatic carbocycles. The Hall–Kier alpha value is 0.394. The molecular weight excluding hydrogens is 503 g/mol. The molecule has 0 spiro atoms. The zero-order valence-electron chi connectivity index (χ0n) is 28.7. The summed E-state index contributed by atoms with van der Waals surface area (Å²) >= 11 is 0. The molecule has 0 aromatic carbocycles. The van der Waals surface area contributed by atoms with Crippen LogP contribution in [0, 0.1) is 0 Å². The van der Waals surface area contributed by atoms with Crippen molar-refractivity contribution in [2.45, 2.75) is 226 Å². The normalized spacial score (nSPS) is 12.3. The van der Waals surface area contributed by atoms with Crippen molar-refractivity contribution >= 4 is 17.2 Å². The average molecular weight is 581 g/mol. The maximum absolute atomic E-state index is 3.50. The highest BCUT2D eigenvalue weighted by Crippen LogP contribution is 2.36. The third-order valence-electron chi connectivity index (χ3n) is 9.31. The largest absolute Gasteiger partial charge is 0.346 e. The van der Waals surface area contributed by atoms with Gasteiger partial charge >= 0.3 is 0 Å². The van der Waals surface area contributed by atoms with Gasteiger partial charge in [0.05, 0.1) is 0 Å². The fourth-order valence-corrected chi connectivity index (χ4v) is 18.6. The van der Waals surface area contributed by atoms with Crippen LogP contribution in [0.3, 0.4) is 0 Å². The summed E-state index contributed by atoms with van der Waals surface area (Å²) in [5.41, 5.74) is 0. The molecule has 0 aliphatic rings.